The van der Waals surface area contributed by atoms with Gasteiger partial charge in [0, 0.05) is 10.7 Å². The fraction of sp³-hybridized carbons (Fsp3) is 0.143. The number of aromatic nitrogens is 1. The zero-order valence-corrected chi connectivity index (χ0v) is 9.34. The van der Waals surface area contributed by atoms with E-state index < -0.39 is 15.8 Å². The second-order valence-electron chi connectivity index (χ2n) is 2.38. The van der Waals surface area contributed by atoms with Crippen LogP contribution >= 0.6 is 15.9 Å². The van der Waals surface area contributed by atoms with E-state index >= 15 is 0 Å². The minimum atomic E-state index is -3.59. The summed E-state index contributed by atoms with van der Waals surface area (Å²) in [4.78, 5) is 3.80. The second kappa shape index (κ2) is 4.39. The summed E-state index contributed by atoms with van der Waals surface area (Å²) < 4.78 is 25.1. The molecular weight excluding hydrogens is 270 g/mol. The first kappa shape index (κ1) is 10.9. The summed E-state index contributed by atoms with van der Waals surface area (Å²) in [7, 11) is -3.59. The topological polar surface area (TPSA) is 82.8 Å². The van der Waals surface area contributed by atoms with Crippen molar-refractivity contribution in [2.45, 2.75) is 0 Å². The van der Waals surface area contributed by atoms with E-state index in [4.69, 9.17) is 5.26 Å². The van der Waals surface area contributed by atoms with Gasteiger partial charge < -0.3 is 0 Å². The van der Waals surface area contributed by atoms with E-state index in [1.54, 1.807) is 12.1 Å². The third kappa shape index (κ3) is 3.32. The van der Waals surface area contributed by atoms with E-state index in [9.17, 15) is 8.42 Å². The summed E-state index contributed by atoms with van der Waals surface area (Å²) >= 11 is 3.16. The lowest BCUT2D eigenvalue weighted by atomic mass is 10.5. The molecule has 0 aromatic carbocycles. The molecule has 0 saturated heterocycles. The molecule has 0 unspecified atom stereocenters. The largest absolute Gasteiger partial charge is 0.266 e. The van der Waals surface area contributed by atoms with E-state index in [2.05, 4.69) is 25.6 Å². The van der Waals surface area contributed by atoms with Crippen LogP contribution in [0.2, 0.25) is 0 Å². The number of nitrogens with one attached hydrogen (secondary N) is 1. The number of pyridine rings is 1. The summed E-state index contributed by atoms with van der Waals surface area (Å²) in [5, 5.41) is 8.23. The molecule has 0 bridgehead atoms. The molecule has 74 valence electrons. The summed E-state index contributed by atoms with van der Waals surface area (Å²) in [6.07, 6.45) is 1.46. The smallest absolute Gasteiger partial charge is 0.247 e. The molecule has 0 radical (unpaired) electrons. The molecule has 14 heavy (non-hydrogen) atoms. The maximum Gasteiger partial charge on any atom is 0.247 e. The van der Waals surface area contributed by atoms with Crippen molar-refractivity contribution in [2.75, 3.05) is 10.5 Å². The van der Waals surface area contributed by atoms with Crippen LogP contribution < -0.4 is 4.72 Å². The first-order chi connectivity index (χ1) is 6.53. The van der Waals surface area contributed by atoms with Gasteiger partial charge in [0.15, 0.2) is 5.75 Å². The molecule has 0 fully saturated rings. The van der Waals surface area contributed by atoms with Crippen molar-refractivity contribution in [1.82, 2.24) is 4.98 Å². The minimum Gasteiger partial charge on any atom is -0.266 e. The molecule has 1 N–H and O–H groups in total. The molecule has 1 aromatic rings. The molecular formula is C7H6BrN3O2S. The van der Waals surface area contributed by atoms with Gasteiger partial charge in [-0.1, -0.05) is 0 Å². The van der Waals surface area contributed by atoms with Crippen LogP contribution in [0.15, 0.2) is 22.8 Å². The predicted molar refractivity (Wildman–Crippen MR) is 55.0 cm³/mol. The molecule has 0 aliphatic rings. The van der Waals surface area contributed by atoms with Gasteiger partial charge in [0.2, 0.25) is 10.0 Å². The number of hydrogen-bond acceptors (Lipinski definition) is 4. The fourth-order valence-corrected chi connectivity index (χ4v) is 1.63. The van der Waals surface area contributed by atoms with Crippen LogP contribution in [0.1, 0.15) is 0 Å². The van der Waals surface area contributed by atoms with Crippen molar-refractivity contribution >= 4 is 31.8 Å². The average Bonchev–Trinajstić information content (AvgIpc) is 2.08. The van der Waals surface area contributed by atoms with Gasteiger partial charge in [-0.15, -0.1) is 0 Å². The summed E-state index contributed by atoms with van der Waals surface area (Å²) in [5.74, 6) is -0.381. The molecule has 0 atom stereocenters. The van der Waals surface area contributed by atoms with Gasteiger partial charge in [0.05, 0.1) is 6.07 Å². The van der Waals surface area contributed by atoms with Gasteiger partial charge in [-0.3, -0.25) is 4.72 Å². The first-order valence-electron chi connectivity index (χ1n) is 3.52. The molecule has 7 heteroatoms. The van der Waals surface area contributed by atoms with Crippen molar-refractivity contribution in [3.63, 3.8) is 0 Å². The van der Waals surface area contributed by atoms with Gasteiger partial charge in [0.1, 0.15) is 5.82 Å². The van der Waals surface area contributed by atoms with Crippen molar-refractivity contribution in [3.05, 3.63) is 22.8 Å². The van der Waals surface area contributed by atoms with Crippen LogP contribution in [0.4, 0.5) is 5.82 Å². The Morgan fingerprint density at radius 3 is 2.79 bits per heavy atom. The summed E-state index contributed by atoms with van der Waals surface area (Å²) in [6, 6.07) is 4.70. The van der Waals surface area contributed by atoms with Crippen molar-refractivity contribution in [2.24, 2.45) is 0 Å². The molecule has 0 spiro atoms. The zero-order valence-electron chi connectivity index (χ0n) is 6.94. The van der Waals surface area contributed by atoms with Crippen LogP contribution in [-0.2, 0) is 10.0 Å². The number of nitrogens with zero attached hydrogens (tertiary/aromatic N) is 2. The van der Waals surface area contributed by atoms with E-state index in [0.717, 1.165) is 4.47 Å². The number of nitriles is 1. The number of rotatable bonds is 3. The minimum absolute atomic E-state index is 0.198. The number of halogens is 1. The van der Waals surface area contributed by atoms with Crippen LogP contribution in [0.25, 0.3) is 0 Å². The molecule has 0 aliphatic carbocycles. The molecule has 1 aromatic heterocycles. The summed E-state index contributed by atoms with van der Waals surface area (Å²) in [6.45, 7) is 0. The van der Waals surface area contributed by atoms with E-state index in [1.807, 2.05) is 0 Å². The third-order valence-electron chi connectivity index (χ3n) is 1.24. The lowest BCUT2D eigenvalue weighted by molar-refractivity contribution is 0.604. The quantitative estimate of drug-likeness (QED) is 0.896. The number of sulfonamides is 1. The molecule has 0 amide bonds. The Hall–Kier alpha value is -1.13. The molecule has 1 heterocycles. The number of hydrogen-bond donors (Lipinski definition) is 1. The van der Waals surface area contributed by atoms with Crippen LogP contribution in [0, 0.1) is 11.3 Å². The highest BCUT2D eigenvalue weighted by molar-refractivity contribution is 9.10. The van der Waals surface area contributed by atoms with E-state index in [-0.39, 0.29) is 5.82 Å². The standard InChI is InChI=1S/C7H6BrN3O2S/c8-6-1-2-7(10-5-6)11-14(12,13)4-3-9/h1-2,5H,4H2,(H,10,11). The van der Waals surface area contributed by atoms with Crippen LogP contribution in [0.5, 0.6) is 0 Å². The molecule has 5 nitrogen and oxygen atoms in total. The highest BCUT2D eigenvalue weighted by atomic mass is 79.9. The Morgan fingerprint density at radius 2 is 2.29 bits per heavy atom. The highest BCUT2D eigenvalue weighted by Gasteiger charge is 2.09. The monoisotopic (exact) mass is 275 g/mol. The second-order valence-corrected chi connectivity index (χ2v) is 5.02. The van der Waals surface area contributed by atoms with E-state index in [1.165, 1.54) is 12.3 Å². The Balaban J connectivity index is 2.80. The molecule has 0 aliphatic heterocycles. The Morgan fingerprint density at radius 1 is 1.57 bits per heavy atom. The zero-order chi connectivity index (χ0) is 10.6. The lowest BCUT2D eigenvalue weighted by Crippen LogP contribution is -2.16. The normalized spacial score (nSPS) is 10.6. The third-order valence-corrected chi connectivity index (χ3v) is 2.74. The first-order valence-corrected chi connectivity index (χ1v) is 5.97. The lowest BCUT2D eigenvalue weighted by Gasteiger charge is -2.02. The molecule has 0 saturated carbocycles. The fourth-order valence-electron chi connectivity index (χ4n) is 0.717. The maximum absolute atomic E-state index is 11.1. The van der Waals surface area contributed by atoms with Gasteiger partial charge in [-0.2, -0.15) is 5.26 Å². The van der Waals surface area contributed by atoms with Gasteiger partial charge in [-0.05, 0) is 28.1 Å². The Bertz CT molecular complexity index is 449. The Kier molecular flexibility index (Phi) is 3.43. The molecule has 1 rings (SSSR count). The SMILES string of the molecule is N#CCS(=O)(=O)Nc1ccc(Br)cn1. The van der Waals surface area contributed by atoms with Crippen molar-refractivity contribution < 1.29 is 8.42 Å². The number of anilines is 1. The predicted octanol–water partition coefficient (Wildman–Crippen LogP) is 1.11. The van der Waals surface area contributed by atoms with Crippen molar-refractivity contribution in [1.29, 1.82) is 5.26 Å². The maximum atomic E-state index is 11.1. The van der Waals surface area contributed by atoms with Gasteiger partial charge in [0.25, 0.3) is 0 Å². The highest BCUT2D eigenvalue weighted by Crippen LogP contribution is 2.11. The summed E-state index contributed by atoms with van der Waals surface area (Å²) in [5.41, 5.74) is 0. The van der Waals surface area contributed by atoms with Crippen molar-refractivity contribution in [3.8, 4) is 6.07 Å². The van der Waals surface area contributed by atoms with Crippen LogP contribution in [-0.4, -0.2) is 19.2 Å². The van der Waals surface area contributed by atoms with Crippen LogP contribution in [0.3, 0.4) is 0 Å². The Labute approximate surface area is 90.0 Å². The van der Waals surface area contributed by atoms with E-state index in [0.29, 0.717) is 0 Å². The van der Waals surface area contributed by atoms with Gasteiger partial charge >= 0.3 is 0 Å². The average molecular weight is 276 g/mol. The van der Waals surface area contributed by atoms with Gasteiger partial charge in [-0.25, -0.2) is 13.4 Å².